The van der Waals surface area contributed by atoms with E-state index in [1.54, 1.807) is 0 Å². The molecule has 3 heteroatoms. The summed E-state index contributed by atoms with van der Waals surface area (Å²) in [5, 5.41) is 8.63. The van der Waals surface area contributed by atoms with Gasteiger partial charge in [-0.1, -0.05) is 13.3 Å². The summed E-state index contributed by atoms with van der Waals surface area (Å²) >= 11 is 0. The quantitative estimate of drug-likeness (QED) is 0.725. The van der Waals surface area contributed by atoms with Crippen molar-refractivity contribution in [3.63, 3.8) is 0 Å². The van der Waals surface area contributed by atoms with Crippen molar-refractivity contribution in [1.29, 1.82) is 0 Å². The summed E-state index contributed by atoms with van der Waals surface area (Å²) in [6.45, 7) is 2.03. The van der Waals surface area contributed by atoms with Gasteiger partial charge in [-0.25, -0.2) is 0 Å². The summed E-state index contributed by atoms with van der Waals surface area (Å²) in [7, 11) is 0. The van der Waals surface area contributed by atoms with E-state index in [2.05, 4.69) is 0 Å². The van der Waals surface area contributed by atoms with Crippen molar-refractivity contribution < 1.29 is 14.7 Å². The van der Waals surface area contributed by atoms with Gasteiger partial charge in [0, 0.05) is 18.8 Å². The maximum Gasteiger partial charge on any atom is 0.303 e. The third-order valence-electron chi connectivity index (χ3n) is 2.78. The molecule has 3 nitrogen and oxygen atoms in total. The van der Waals surface area contributed by atoms with Gasteiger partial charge in [-0.3, -0.25) is 9.59 Å². The molecule has 1 saturated carbocycles. The highest BCUT2D eigenvalue weighted by molar-refractivity contribution is 5.84. The second-order valence-corrected chi connectivity index (χ2v) is 3.76. The smallest absolute Gasteiger partial charge is 0.303 e. The summed E-state index contributed by atoms with van der Waals surface area (Å²) in [5.41, 5.74) is 0. The van der Waals surface area contributed by atoms with Crippen LogP contribution in [0.5, 0.6) is 0 Å². The Morgan fingerprint density at radius 1 is 1.62 bits per heavy atom. The molecule has 0 heterocycles. The SMILES string of the molecule is CCCC1C(=O)CCC1CC(=O)O. The van der Waals surface area contributed by atoms with Crippen molar-refractivity contribution in [3.05, 3.63) is 0 Å². The molecule has 1 aliphatic carbocycles. The Labute approximate surface area is 78.1 Å². The number of rotatable bonds is 4. The van der Waals surface area contributed by atoms with Crippen LogP contribution in [0.15, 0.2) is 0 Å². The van der Waals surface area contributed by atoms with E-state index in [1.807, 2.05) is 6.92 Å². The maximum atomic E-state index is 11.4. The zero-order chi connectivity index (χ0) is 9.84. The fourth-order valence-corrected chi connectivity index (χ4v) is 2.15. The lowest BCUT2D eigenvalue weighted by atomic mass is 9.89. The Kier molecular flexibility index (Phi) is 3.46. The van der Waals surface area contributed by atoms with Gasteiger partial charge in [-0.15, -0.1) is 0 Å². The zero-order valence-electron chi connectivity index (χ0n) is 7.95. The Morgan fingerprint density at radius 2 is 2.31 bits per heavy atom. The molecule has 1 N–H and O–H groups in total. The van der Waals surface area contributed by atoms with E-state index in [-0.39, 0.29) is 24.0 Å². The van der Waals surface area contributed by atoms with Crippen molar-refractivity contribution in [2.24, 2.45) is 11.8 Å². The first kappa shape index (κ1) is 10.2. The number of aliphatic carboxylic acids is 1. The molecule has 1 aliphatic rings. The predicted molar refractivity (Wildman–Crippen MR) is 48.4 cm³/mol. The summed E-state index contributed by atoms with van der Waals surface area (Å²) in [4.78, 5) is 21.9. The highest BCUT2D eigenvalue weighted by Crippen LogP contribution is 2.34. The van der Waals surface area contributed by atoms with Gasteiger partial charge in [0.05, 0.1) is 0 Å². The lowest BCUT2D eigenvalue weighted by molar-refractivity contribution is -0.138. The summed E-state index contributed by atoms with van der Waals surface area (Å²) in [6.07, 6.45) is 3.35. The Bertz CT molecular complexity index is 210. The second kappa shape index (κ2) is 4.40. The summed E-state index contributed by atoms with van der Waals surface area (Å²) < 4.78 is 0. The van der Waals surface area contributed by atoms with Gasteiger partial charge >= 0.3 is 5.97 Å². The number of hydrogen-bond acceptors (Lipinski definition) is 2. The van der Waals surface area contributed by atoms with E-state index >= 15 is 0 Å². The van der Waals surface area contributed by atoms with Crippen LogP contribution >= 0.6 is 0 Å². The summed E-state index contributed by atoms with van der Waals surface area (Å²) in [6, 6.07) is 0. The number of hydrogen-bond donors (Lipinski definition) is 1. The number of carboxylic acid groups (broad SMARTS) is 1. The monoisotopic (exact) mass is 184 g/mol. The van der Waals surface area contributed by atoms with Crippen LogP contribution < -0.4 is 0 Å². The molecule has 13 heavy (non-hydrogen) atoms. The van der Waals surface area contributed by atoms with Gasteiger partial charge in [0.15, 0.2) is 0 Å². The molecule has 0 saturated heterocycles. The maximum absolute atomic E-state index is 11.4. The fourth-order valence-electron chi connectivity index (χ4n) is 2.15. The van der Waals surface area contributed by atoms with Crippen LogP contribution in [-0.2, 0) is 9.59 Å². The molecule has 0 aliphatic heterocycles. The van der Waals surface area contributed by atoms with Gasteiger partial charge in [0.2, 0.25) is 0 Å². The van der Waals surface area contributed by atoms with Crippen molar-refractivity contribution >= 4 is 11.8 Å². The molecule has 1 fully saturated rings. The normalized spacial score (nSPS) is 27.9. The molecule has 74 valence electrons. The topological polar surface area (TPSA) is 54.4 Å². The largest absolute Gasteiger partial charge is 0.481 e. The van der Waals surface area contributed by atoms with Crippen LogP contribution in [0.4, 0.5) is 0 Å². The number of ketones is 1. The van der Waals surface area contributed by atoms with Crippen LogP contribution in [0.2, 0.25) is 0 Å². The van der Waals surface area contributed by atoms with E-state index in [1.165, 1.54) is 0 Å². The third kappa shape index (κ3) is 2.54. The van der Waals surface area contributed by atoms with Gasteiger partial charge in [-0.05, 0) is 18.8 Å². The minimum absolute atomic E-state index is 0.0288. The van der Waals surface area contributed by atoms with E-state index in [9.17, 15) is 9.59 Å². The molecule has 0 aromatic heterocycles. The van der Waals surface area contributed by atoms with Gasteiger partial charge in [0.1, 0.15) is 5.78 Å². The van der Waals surface area contributed by atoms with Gasteiger partial charge < -0.3 is 5.11 Å². The van der Waals surface area contributed by atoms with Crippen LogP contribution in [0.1, 0.15) is 39.0 Å². The number of Topliss-reactive ketones (excluding diaryl/α,β-unsaturated/α-hetero) is 1. The minimum atomic E-state index is -0.777. The van der Waals surface area contributed by atoms with Gasteiger partial charge in [-0.2, -0.15) is 0 Å². The molecule has 2 unspecified atom stereocenters. The Hall–Kier alpha value is -0.860. The highest BCUT2D eigenvalue weighted by Gasteiger charge is 2.34. The Morgan fingerprint density at radius 3 is 2.85 bits per heavy atom. The first-order valence-electron chi connectivity index (χ1n) is 4.89. The molecule has 0 radical (unpaired) electrons. The Balaban J connectivity index is 2.53. The highest BCUT2D eigenvalue weighted by atomic mass is 16.4. The van der Waals surface area contributed by atoms with E-state index in [0.717, 1.165) is 19.3 Å². The van der Waals surface area contributed by atoms with E-state index in [0.29, 0.717) is 6.42 Å². The molecule has 1 rings (SSSR count). The van der Waals surface area contributed by atoms with Crippen LogP contribution in [0, 0.1) is 11.8 Å². The average Bonchev–Trinajstić information content (AvgIpc) is 2.35. The lowest BCUT2D eigenvalue weighted by Crippen LogP contribution is -2.17. The minimum Gasteiger partial charge on any atom is -0.481 e. The summed E-state index contributed by atoms with van der Waals surface area (Å²) in [5.74, 6) is -0.375. The average molecular weight is 184 g/mol. The number of carbonyl (C=O) groups excluding carboxylic acids is 1. The molecule has 0 bridgehead atoms. The number of carbonyl (C=O) groups is 2. The third-order valence-corrected chi connectivity index (χ3v) is 2.78. The van der Waals surface area contributed by atoms with Crippen molar-refractivity contribution in [1.82, 2.24) is 0 Å². The van der Waals surface area contributed by atoms with Crippen LogP contribution in [-0.4, -0.2) is 16.9 Å². The predicted octanol–water partition coefficient (Wildman–Crippen LogP) is 1.86. The van der Waals surface area contributed by atoms with Crippen LogP contribution in [0.3, 0.4) is 0 Å². The number of carboxylic acids is 1. The van der Waals surface area contributed by atoms with Crippen molar-refractivity contribution in [2.75, 3.05) is 0 Å². The van der Waals surface area contributed by atoms with E-state index in [4.69, 9.17) is 5.11 Å². The zero-order valence-corrected chi connectivity index (χ0v) is 7.95. The van der Waals surface area contributed by atoms with Crippen LogP contribution in [0.25, 0.3) is 0 Å². The molecule has 0 aromatic carbocycles. The second-order valence-electron chi connectivity index (χ2n) is 3.76. The molecule has 0 spiro atoms. The standard InChI is InChI=1S/C10H16O3/c1-2-3-8-7(6-10(12)13)4-5-9(8)11/h7-8H,2-6H2,1H3,(H,12,13). The van der Waals surface area contributed by atoms with Crippen molar-refractivity contribution in [2.45, 2.75) is 39.0 Å². The molecular formula is C10H16O3. The molecular weight excluding hydrogens is 168 g/mol. The molecule has 0 aromatic rings. The molecule has 2 atom stereocenters. The van der Waals surface area contributed by atoms with Crippen molar-refractivity contribution in [3.8, 4) is 0 Å². The lowest BCUT2D eigenvalue weighted by Gasteiger charge is -2.14. The molecule has 0 amide bonds. The first-order valence-corrected chi connectivity index (χ1v) is 4.89. The fraction of sp³-hybridized carbons (Fsp3) is 0.800. The first-order chi connectivity index (χ1) is 6.15. The van der Waals surface area contributed by atoms with Gasteiger partial charge in [0.25, 0.3) is 0 Å². The van der Waals surface area contributed by atoms with E-state index < -0.39 is 5.97 Å².